The molecule has 9 heteroatoms. The molecule has 3 aromatic carbocycles. The van der Waals surface area contributed by atoms with Crippen molar-refractivity contribution in [1.29, 1.82) is 0 Å². The van der Waals surface area contributed by atoms with Gasteiger partial charge in [0.05, 0.1) is 12.0 Å². The number of ether oxygens (including phenoxy) is 2. The molecule has 3 rings (SSSR count). The van der Waals surface area contributed by atoms with E-state index in [1.54, 1.807) is 24.3 Å². The second-order valence-corrected chi connectivity index (χ2v) is 8.63. The van der Waals surface area contributed by atoms with Crippen molar-refractivity contribution < 1.29 is 27.1 Å². The summed E-state index contributed by atoms with van der Waals surface area (Å²) in [5.74, 6) is 0.0268. The molecule has 0 fully saturated rings. The lowest BCUT2D eigenvalue weighted by Crippen LogP contribution is -2.20. The molecule has 0 aliphatic heterocycles. The van der Waals surface area contributed by atoms with Gasteiger partial charge in [0.2, 0.25) is 0 Å². The quantitative estimate of drug-likeness (QED) is 0.429. The van der Waals surface area contributed by atoms with Gasteiger partial charge >= 0.3 is 0 Å². The fraction of sp³-hybridized carbons (Fsp3) is 0.125. The first kappa shape index (κ1) is 23.8. The highest BCUT2D eigenvalue weighted by molar-refractivity contribution is 7.92. The first-order valence-corrected chi connectivity index (χ1v) is 11.4. The van der Waals surface area contributed by atoms with Gasteiger partial charge in [0.15, 0.2) is 18.1 Å². The number of carbonyl (C=O) groups excluding carboxylic acids is 1. The Morgan fingerprint density at radius 2 is 1.67 bits per heavy atom. The Balaban J connectivity index is 1.57. The van der Waals surface area contributed by atoms with E-state index in [4.69, 9.17) is 9.47 Å². The first-order valence-electron chi connectivity index (χ1n) is 9.89. The Morgan fingerprint density at radius 1 is 1.00 bits per heavy atom. The van der Waals surface area contributed by atoms with Crippen LogP contribution in [-0.4, -0.2) is 28.0 Å². The number of methoxy groups -OCH3 is 1. The molecule has 0 aliphatic rings. The van der Waals surface area contributed by atoms with E-state index in [0.717, 1.165) is 17.7 Å². The number of benzene rings is 3. The van der Waals surface area contributed by atoms with Crippen molar-refractivity contribution in [3.05, 3.63) is 90.8 Å². The van der Waals surface area contributed by atoms with E-state index < -0.39 is 21.7 Å². The molecule has 0 atom stereocenters. The maximum atomic E-state index is 13.0. The van der Waals surface area contributed by atoms with Crippen molar-refractivity contribution in [3.63, 3.8) is 0 Å². The van der Waals surface area contributed by atoms with E-state index in [1.807, 2.05) is 12.1 Å². The van der Waals surface area contributed by atoms with Crippen LogP contribution in [0.2, 0.25) is 0 Å². The molecule has 0 heterocycles. The third-order valence-electron chi connectivity index (χ3n) is 4.51. The summed E-state index contributed by atoms with van der Waals surface area (Å²) >= 11 is 0. The van der Waals surface area contributed by atoms with Crippen molar-refractivity contribution in [2.75, 3.05) is 23.8 Å². The summed E-state index contributed by atoms with van der Waals surface area (Å²) in [5.41, 5.74) is 1.76. The molecule has 0 radical (unpaired) electrons. The molecule has 0 saturated carbocycles. The van der Waals surface area contributed by atoms with E-state index in [0.29, 0.717) is 23.6 Å². The van der Waals surface area contributed by atoms with Gasteiger partial charge in [-0.25, -0.2) is 12.8 Å². The Kier molecular flexibility index (Phi) is 7.68. The first-order chi connectivity index (χ1) is 15.8. The molecule has 1 amide bonds. The van der Waals surface area contributed by atoms with Crippen molar-refractivity contribution in [3.8, 4) is 11.5 Å². The van der Waals surface area contributed by atoms with Crippen LogP contribution in [0.5, 0.6) is 11.5 Å². The van der Waals surface area contributed by atoms with Gasteiger partial charge in [-0.3, -0.25) is 9.52 Å². The van der Waals surface area contributed by atoms with Crippen LogP contribution in [0.3, 0.4) is 0 Å². The highest BCUT2D eigenvalue weighted by atomic mass is 32.2. The van der Waals surface area contributed by atoms with Crippen LogP contribution in [0.4, 0.5) is 15.8 Å². The number of sulfonamides is 1. The molecular formula is C24H23FN2O5S. The Hall–Kier alpha value is -3.85. The highest BCUT2D eigenvalue weighted by Gasteiger charge is 2.14. The molecule has 0 bridgehead atoms. The van der Waals surface area contributed by atoms with Crippen molar-refractivity contribution in [2.24, 2.45) is 0 Å². The van der Waals surface area contributed by atoms with E-state index in [1.165, 1.54) is 31.4 Å². The predicted octanol–water partition coefficient (Wildman–Crippen LogP) is 4.38. The van der Waals surface area contributed by atoms with Gasteiger partial charge in [0.25, 0.3) is 15.9 Å². The lowest BCUT2D eigenvalue weighted by Gasteiger charge is -2.12. The van der Waals surface area contributed by atoms with E-state index >= 15 is 0 Å². The number of hydrogen-bond donors (Lipinski definition) is 2. The summed E-state index contributed by atoms with van der Waals surface area (Å²) in [6, 6.07) is 16.0. The summed E-state index contributed by atoms with van der Waals surface area (Å²) < 4.78 is 51.0. The average molecular weight is 471 g/mol. The number of carbonyl (C=O) groups is 1. The number of nitrogens with one attached hydrogen (secondary N) is 2. The number of amides is 1. The minimum Gasteiger partial charge on any atom is -0.493 e. The van der Waals surface area contributed by atoms with Crippen LogP contribution < -0.4 is 19.5 Å². The van der Waals surface area contributed by atoms with Gasteiger partial charge in [0, 0.05) is 11.4 Å². The third-order valence-corrected chi connectivity index (χ3v) is 5.91. The largest absolute Gasteiger partial charge is 0.493 e. The van der Waals surface area contributed by atoms with Crippen molar-refractivity contribution in [2.45, 2.75) is 11.3 Å². The Bertz CT molecular complexity index is 1230. The molecule has 3 aromatic rings. The molecule has 0 aromatic heterocycles. The Labute approximate surface area is 191 Å². The monoisotopic (exact) mass is 470 g/mol. The van der Waals surface area contributed by atoms with Crippen LogP contribution in [0.25, 0.3) is 0 Å². The molecule has 7 nitrogen and oxygen atoms in total. The molecule has 172 valence electrons. The van der Waals surface area contributed by atoms with Crippen LogP contribution in [0.15, 0.2) is 84.3 Å². The maximum absolute atomic E-state index is 13.0. The van der Waals surface area contributed by atoms with Crippen LogP contribution in [0.1, 0.15) is 5.56 Å². The summed E-state index contributed by atoms with van der Waals surface area (Å²) in [6.45, 7) is 3.46. The summed E-state index contributed by atoms with van der Waals surface area (Å²) in [6.07, 6.45) is 2.47. The molecule has 0 spiro atoms. The second kappa shape index (κ2) is 10.6. The number of allylic oxidation sites excluding steroid dienone is 1. The maximum Gasteiger partial charge on any atom is 0.262 e. The zero-order valence-electron chi connectivity index (χ0n) is 17.9. The normalized spacial score (nSPS) is 10.8. The van der Waals surface area contributed by atoms with Crippen molar-refractivity contribution >= 4 is 27.3 Å². The molecule has 33 heavy (non-hydrogen) atoms. The number of rotatable bonds is 10. The molecule has 0 saturated heterocycles. The lowest BCUT2D eigenvalue weighted by atomic mass is 10.1. The zero-order valence-corrected chi connectivity index (χ0v) is 18.7. The molecule has 0 unspecified atom stereocenters. The smallest absolute Gasteiger partial charge is 0.262 e. The van der Waals surface area contributed by atoms with Crippen LogP contribution in [0, 0.1) is 5.82 Å². The molecule has 0 aliphatic carbocycles. The van der Waals surface area contributed by atoms with E-state index in [2.05, 4.69) is 16.6 Å². The van der Waals surface area contributed by atoms with E-state index in [-0.39, 0.29) is 17.2 Å². The highest BCUT2D eigenvalue weighted by Crippen LogP contribution is 2.28. The van der Waals surface area contributed by atoms with Gasteiger partial charge in [-0.1, -0.05) is 12.1 Å². The van der Waals surface area contributed by atoms with E-state index in [9.17, 15) is 17.6 Å². The van der Waals surface area contributed by atoms with Gasteiger partial charge < -0.3 is 14.8 Å². The average Bonchev–Trinajstić information content (AvgIpc) is 2.79. The molecule has 2 N–H and O–H groups in total. The minimum atomic E-state index is -3.86. The summed E-state index contributed by atoms with van der Waals surface area (Å²) in [7, 11) is -2.34. The SMILES string of the molecule is C=CCc1ccc(OCC(=O)Nc2ccc(NS(=O)(=O)c3ccc(F)cc3)cc2)c(OC)c1. The second-order valence-electron chi connectivity index (χ2n) is 6.95. The zero-order chi connectivity index (χ0) is 23.8. The van der Waals surface area contributed by atoms with Crippen molar-refractivity contribution in [1.82, 2.24) is 0 Å². The van der Waals surface area contributed by atoms with Crippen LogP contribution >= 0.6 is 0 Å². The Morgan fingerprint density at radius 3 is 2.30 bits per heavy atom. The summed E-state index contributed by atoms with van der Waals surface area (Å²) in [5, 5.41) is 2.67. The fourth-order valence-electron chi connectivity index (χ4n) is 2.91. The predicted molar refractivity (Wildman–Crippen MR) is 125 cm³/mol. The number of anilines is 2. The topological polar surface area (TPSA) is 93.7 Å². The van der Waals surface area contributed by atoms with Gasteiger partial charge in [-0.05, 0) is 72.6 Å². The number of halogens is 1. The van der Waals surface area contributed by atoms with Crippen LogP contribution in [-0.2, 0) is 21.2 Å². The fourth-order valence-corrected chi connectivity index (χ4v) is 3.97. The lowest BCUT2D eigenvalue weighted by molar-refractivity contribution is -0.118. The standard InChI is InChI=1S/C24H23FN2O5S/c1-3-4-17-5-14-22(23(15-17)31-2)32-16-24(28)26-19-8-10-20(11-9-19)27-33(29,30)21-12-6-18(25)7-13-21/h3,5-15,27H,1,4,16H2,2H3,(H,26,28). The van der Waals surface area contributed by atoms with Gasteiger partial charge in [-0.2, -0.15) is 0 Å². The summed E-state index contributed by atoms with van der Waals surface area (Å²) in [4.78, 5) is 12.2. The third kappa shape index (κ3) is 6.56. The minimum absolute atomic E-state index is 0.0635. The van der Waals surface area contributed by atoms with Gasteiger partial charge in [0.1, 0.15) is 5.82 Å². The van der Waals surface area contributed by atoms with Gasteiger partial charge in [-0.15, -0.1) is 6.58 Å². The number of hydrogen-bond acceptors (Lipinski definition) is 5. The molecular weight excluding hydrogens is 447 g/mol.